The Morgan fingerprint density at radius 1 is 1.22 bits per heavy atom. The lowest BCUT2D eigenvalue weighted by atomic mass is 10.2. The Bertz CT molecular complexity index is 862. The zero-order valence-corrected chi connectivity index (χ0v) is 11.7. The van der Waals surface area contributed by atoms with Crippen LogP contribution in [0.2, 0.25) is 0 Å². The number of carboxylic acids is 1. The molecule has 0 aliphatic carbocycles. The molecule has 0 saturated heterocycles. The van der Waals surface area contributed by atoms with Gasteiger partial charge < -0.3 is 9.84 Å². The van der Waals surface area contributed by atoms with Crippen LogP contribution in [0.5, 0.6) is 0 Å². The van der Waals surface area contributed by atoms with E-state index in [2.05, 4.69) is 20.4 Å². The molecule has 2 N–H and O–H groups in total. The lowest BCUT2D eigenvalue weighted by molar-refractivity contribution is 0.0698. The lowest BCUT2D eigenvalue weighted by Crippen LogP contribution is -2.17. The van der Waals surface area contributed by atoms with E-state index in [1.165, 1.54) is 0 Å². The first-order valence-electron chi connectivity index (χ1n) is 6.55. The highest BCUT2D eigenvalue weighted by atomic mass is 16.5. The number of benzene rings is 1. The number of aromatic nitrogens is 4. The van der Waals surface area contributed by atoms with Gasteiger partial charge in [0, 0.05) is 0 Å². The molecular formula is C14H11N5O4. The van der Waals surface area contributed by atoms with Crippen LogP contribution in [0, 0.1) is 0 Å². The molecule has 1 aromatic carbocycles. The Morgan fingerprint density at radius 2 is 2.00 bits per heavy atom. The van der Waals surface area contributed by atoms with Gasteiger partial charge in [0.05, 0.1) is 6.20 Å². The van der Waals surface area contributed by atoms with Crippen molar-refractivity contribution in [2.45, 2.75) is 6.61 Å². The van der Waals surface area contributed by atoms with Crippen LogP contribution < -0.4 is 5.32 Å². The normalized spacial score (nSPS) is 10.4. The van der Waals surface area contributed by atoms with Gasteiger partial charge in [-0.3, -0.25) is 5.32 Å². The molecule has 0 fully saturated rings. The molecule has 3 rings (SSSR count). The topological polar surface area (TPSA) is 119 Å². The highest BCUT2D eigenvalue weighted by Crippen LogP contribution is 2.11. The van der Waals surface area contributed by atoms with Gasteiger partial charge in [-0.2, -0.15) is 9.61 Å². The fourth-order valence-corrected chi connectivity index (χ4v) is 1.90. The summed E-state index contributed by atoms with van der Waals surface area (Å²) in [6.07, 6.45) is 1.53. The van der Waals surface area contributed by atoms with Crippen molar-refractivity contribution in [1.29, 1.82) is 0 Å². The van der Waals surface area contributed by atoms with Gasteiger partial charge in [0.1, 0.15) is 18.5 Å². The molecule has 0 saturated carbocycles. The predicted molar refractivity (Wildman–Crippen MR) is 78.0 cm³/mol. The molecule has 0 bridgehead atoms. The van der Waals surface area contributed by atoms with Crippen molar-refractivity contribution in [2.75, 3.05) is 5.32 Å². The number of rotatable bonds is 4. The first kappa shape index (κ1) is 14.4. The van der Waals surface area contributed by atoms with Crippen LogP contribution in [0.25, 0.3) is 5.65 Å². The maximum absolute atomic E-state index is 11.8. The highest BCUT2D eigenvalue weighted by Gasteiger charge is 2.16. The van der Waals surface area contributed by atoms with Crippen LogP contribution in [0.3, 0.4) is 0 Å². The van der Waals surface area contributed by atoms with Crippen molar-refractivity contribution in [3.8, 4) is 0 Å². The van der Waals surface area contributed by atoms with Crippen molar-refractivity contribution in [2.24, 2.45) is 0 Å². The number of nitrogens with one attached hydrogen (secondary N) is 1. The van der Waals surface area contributed by atoms with E-state index in [4.69, 9.17) is 9.84 Å². The van der Waals surface area contributed by atoms with Crippen LogP contribution in [0.4, 0.5) is 10.7 Å². The molecule has 0 unspecified atom stereocenters. The second-order valence-corrected chi connectivity index (χ2v) is 4.48. The third kappa shape index (κ3) is 3.07. The molecule has 3 aromatic rings. The number of hydrogen-bond donors (Lipinski definition) is 2. The molecule has 0 atom stereocenters. The molecule has 0 spiro atoms. The second-order valence-electron chi connectivity index (χ2n) is 4.48. The summed E-state index contributed by atoms with van der Waals surface area (Å²) in [6.45, 7) is 0.0976. The molecule has 9 heteroatoms. The minimum Gasteiger partial charge on any atom is -0.477 e. The molecule has 0 aliphatic rings. The minimum absolute atomic E-state index is 0.0144. The molecule has 0 aliphatic heterocycles. The van der Waals surface area contributed by atoms with Crippen LogP contribution in [0.15, 0.2) is 42.9 Å². The zero-order valence-electron chi connectivity index (χ0n) is 11.7. The third-order valence-corrected chi connectivity index (χ3v) is 2.96. The van der Waals surface area contributed by atoms with Gasteiger partial charge in [-0.15, -0.1) is 0 Å². The Hall–Kier alpha value is -3.49. The number of anilines is 1. The standard InChI is InChI=1S/C14H11N5O4/c20-12(21)10-6-17-19-11(10)15-8-16-13(19)18-14(22)23-7-9-4-2-1-3-5-9/h1-6,8H,7H2,(H,20,21)(H,15,16,18,22). The Morgan fingerprint density at radius 3 is 2.74 bits per heavy atom. The lowest BCUT2D eigenvalue weighted by Gasteiger charge is -2.07. The van der Waals surface area contributed by atoms with E-state index < -0.39 is 12.1 Å². The minimum atomic E-state index is -1.17. The number of amides is 1. The van der Waals surface area contributed by atoms with Crippen LogP contribution in [0.1, 0.15) is 15.9 Å². The average Bonchev–Trinajstić information content (AvgIpc) is 2.99. The summed E-state index contributed by atoms with van der Waals surface area (Å²) in [6, 6.07) is 9.17. The molecule has 0 radical (unpaired) electrons. The van der Waals surface area contributed by atoms with Crippen molar-refractivity contribution < 1.29 is 19.4 Å². The summed E-state index contributed by atoms with van der Waals surface area (Å²) in [5.74, 6) is -1.16. The van der Waals surface area contributed by atoms with Crippen LogP contribution in [-0.2, 0) is 11.3 Å². The number of carbonyl (C=O) groups is 2. The number of ether oxygens (including phenoxy) is 1. The highest BCUT2D eigenvalue weighted by molar-refractivity contribution is 5.94. The average molecular weight is 313 g/mol. The first-order valence-corrected chi connectivity index (χ1v) is 6.55. The van der Waals surface area contributed by atoms with Gasteiger partial charge in [-0.05, 0) is 5.56 Å². The molecule has 2 aromatic heterocycles. The second kappa shape index (κ2) is 6.10. The van der Waals surface area contributed by atoms with Gasteiger partial charge in [0.2, 0.25) is 5.95 Å². The third-order valence-electron chi connectivity index (χ3n) is 2.96. The maximum Gasteiger partial charge on any atom is 0.414 e. The molecule has 2 heterocycles. The molecule has 1 amide bonds. The molecular weight excluding hydrogens is 302 g/mol. The summed E-state index contributed by atoms with van der Waals surface area (Å²) in [5, 5.41) is 15.3. The van der Waals surface area contributed by atoms with Crippen LogP contribution in [-0.4, -0.2) is 36.8 Å². The van der Waals surface area contributed by atoms with Gasteiger partial charge in [-0.25, -0.2) is 19.6 Å². The van der Waals surface area contributed by atoms with E-state index in [-0.39, 0.29) is 23.8 Å². The molecule has 23 heavy (non-hydrogen) atoms. The van der Waals surface area contributed by atoms with Crippen molar-refractivity contribution in [1.82, 2.24) is 19.6 Å². The van der Waals surface area contributed by atoms with E-state index in [1.54, 1.807) is 0 Å². The van der Waals surface area contributed by atoms with Gasteiger partial charge in [0.15, 0.2) is 5.65 Å². The number of hydrogen-bond acceptors (Lipinski definition) is 6. The first-order chi connectivity index (χ1) is 11.1. The molecule has 9 nitrogen and oxygen atoms in total. The van der Waals surface area contributed by atoms with E-state index in [1.807, 2.05) is 30.3 Å². The Balaban J connectivity index is 1.74. The zero-order chi connectivity index (χ0) is 16.2. The number of carboxylic acid groups (broad SMARTS) is 1. The smallest absolute Gasteiger partial charge is 0.414 e. The van der Waals surface area contributed by atoms with Crippen molar-refractivity contribution in [3.05, 3.63) is 54.0 Å². The van der Waals surface area contributed by atoms with Crippen molar-refractivity contribution in [3.63, 3.8) is 0 Å². The summed E-state index contributed by atoms with van der Waals surface area (Å²) in [7, 11) is 0. The van der Waals surface area contributed by atoms with Crippen LogP contribution >= 0.6 is 0 Å². The summed E-state index contributed by atoms with van der Waals surface area (Å²) in [4.78, 5) is 30.6. The number of nitrogens with zero attached hydrogens (tertiary/aromatic N) is 4. The fourth-order valence-electron chi connectivity index (χ4n) is 1.90. The summed E-state index contributed by atoms with van der Waals surface area (Å²) in [5.41, 5.74) is 0.821. The quantitative estimate of drug-likeness (QED) is 0.750. The number of fused-ring (bicyclic) bond motifs is 1. The Kier molecular flexibility index (Phi) is 3.83. The van der Waals surface area contributed by atoms with E-state index >= 15 is 0 Å². The van der Waals surface area contributed by atoms with Gasteiger partial charge in [-0.1, -0.05) is 30.3 Å². The van der Waals surface area contributed by atoms with E-state index in [9.17, 15) is 9.59 Å². The number of carbonyl (C=O) groups excluding carboxylic acids is 1. The monoisotopic (exact) mass is 313 g/mol. The summed E-state index contributed by atoms with van der Waals surface area (Å²) >= 11 is 0. The SMILES string of the molecule is O=C(Nc1ncnc2c(C(=O)O)cnn12)OCc1ccccc1. The van der Waals surface area contributed by atoms with Crippen molar-refractivity contribution >= 4 is 23.7 Å². The molecule has 116 valence electrons. The van der Waals surface area contributed by atoms with Gasteiger partial charge in [0.25, 0.3) is 0 Å². The Labute approximate surface area is 129 Å². The predicted octanol–water partition coefficient (Wildman–Crippen LogP) is 1.57. The number of aromatic carboxylic acids is 1. The maximum atomic E-state index is 11.8. The van der Waals surface area contributed by atoms with E-state index in [0.717, 1.165) is 22.6 Å². The van der Waals surface area contributed by atoms with Gasteiger partial charge >= 0.3 is 12.1 Å². The van der Waals surface area contributed by atoms with E-state index in [0.29, 0.717) is 0 Å². The fraction of sp³-hybridized carbons (Fsp3) is 0.0714. The summed E-state index contributed by atoms with van der Waals surface area (Å²) < 4.78 is 6.19. The largest absolute Gasteiger partial charge is 0.477 e.